The highest BCUT2D eigenvalue weighted by Crippen LogP contribution is 2.43. The van der Waals surface area contributed by atoms with E-state index in [1.807, 2.05) is 0 Å². The van der Waals surface area contributed by atoms with Crippen LogP contribution < -0.4 is 0 Å². The average Bonchev–Trinajstić information content (AvgIpc) is 2.01. The molecule has 0 amide bonds. The molecule has 1 unspecified atom stereocenters. The maximum absolute atomic E-state index is 2.54. The van der Waals surface area contributed by atoms with Gasteiger partial charge in [0.15, 0.2) is 0 Å². The van der Waals surface area contributed by atoms with Crippen LogP contribution in [0.3, 0.4) is 0 Å². The van der Waals surface area contributed by atoms with E-state index in [1.165, 1.54) is 11.1 Å². The van der Waals surface area contributed by atoms with Crippen molar-refractivity contribution in [3.05, 3.63) is 47.6 Å². The van der Waals surface area contributed by atoms with Crippen LogP contribution in [0.15, 0.2) is 47.6 Å². The number of hydrogen-bond acceptors (Lipinski definition) is 0. The van der Waals surface area contributed by atoms with Crippen LogP contribution in [0.4, 0.5) is 0 Å². The topological polar surface area (TPSA) is 0 Å². The summed E-state index contributed by atoms with van der Waals surface area (Å²) in [5.41, 5.74) is 2.85. The van der Waals surface area contributed by atoms with E-state index < -0.39 is 0 Å². The Morgan fingerprint density at radius 1 is 1.31 bits per heavy atom. The second-order valence-electron chi connectivity index (χ2n) is 3.83. The summed E-state index contributed by atoms with van der Waals surface area (Å²) in [5, 5.41) is 0. The lowest BCUT2D eigenvalue weighted by molar-refractivity contribution is 0.687. The SMILES string of the molecule is CC1=CC2(I)C=CC=C[C@@H]2C(C)=C1. The van der Waals surface area contributed by atoms with Gasteiger partial charge in [-0.15, -0.1) is 0 Å². The lowest BCUT2D eigenvalue weighted by Gasteiger charge is -2.35. The largest absolute Gasteiger partial charge is 0.0754 e. The van der Waals surface area contributed by atoms with Gasteiger partial charge in [-0.1, -0.05) is 70.2 Å². The fourth-order valence-corrected chi connectivity index (χ4v) is 3.51. The summed E-state index contributed by atoms with van der Waals surface area (Å²) in [7, 11) is 0. The molecule has 2 aliphatic carbocycles. The molecule has 0 bridgehead atoms. The van der Waals surface area contributed by atoms with Crippen molar-refractivity contribution in [2.45, 2.75) is 17.3 Å². The minimum atomic E-state index is 0.190. The number of alkyl halides is 1. The zero-order valence-electron chi connectivity index (χ0n) is 7.92. The highest BCUT2D eigenvalue weighted by atomic mass is 127. The third-order valence-corrected chi connectivity index (χ3v) is 3.98. The summed E-state index contributed by atoms with van der Waals surface area (Å²) >= 11 is 2.54. The van der Waals surface area contributed by atoms with Crippen molar-refractivity contribution in [1.29, 1.82) is 0 Å². The number of fused-ring (bicyclic) bond motifs is 1. The van der Waals surface area contributed by atoms with E-state index in [0.717, 1.165) is 0 Å². The fraction of sp³-hybridized carbons (Fsp3) is 0.333. The average molecular weight is 284 g/mol. The Bertz CT molecular complexity index is 344. The van der Waals surface area contributed by atoms with Crippen molar-refractivity contribution < 1.29 is 0 Å². The predicted molar refractivity (Wildman–Crippen MR) is 66.0 cm³/mol. The molecule has 2 rings (SSSR count). The van der Waals surface area contributed by atoms with Gasteiger partial charge in [0.1, 0.15) is 0 Å². The van der Waals surface area contributed by atoms with Gasteiger partial charge in [-0.3, -0.25) is 0 Å². The second kappa shape index (κ2) is 3.12. The number of rotatable bonds is 0. The van der Waals surface area contributed by atoms with Crippen LogP contribution in [0.5, 0.6) is 0 Å². The molecule has 68 valence electrons. The first-order chi connectivity index (χ1) is 6.12. The summed E-state index contributed by atoms with van der Waals surface area (Å²) in [6.45, 7) is 4.39. The molecular weight excluding hydrogens is 271 g/mol. The maximum Gasteiger partial charge on any atom is 0.0689 e. The van der Waals surface area contributed by atoms with Crippen LogP contribution in [-0.2, 0) is 0 Å². The standard InChI is InChI=1S/C12H13I/c1-9-7-10(2)11-5-3-4-6-12(11,13)8-9/h3-8,11H,1-2H3/t11-,12?/m1/s1. The zero-order valence-corrected chi connectivity index (χ0v) is 10.1. The van der Waals surface area contributed by atoms with Gasteiger partial charge in [0.2, 0.25) is 0 Å². The van der Waals surface area contributed by atoms with E-state index >= 15 is 0 Å². The van der Waals surface area contributed by atoms with Crippen LogP contribution >= 0.6 is 22.6 Å². The van der Waals surface area contributed by atoms with Gasteiger partial charge in [-0.05, 0) is 13.8 Å². The molecule has 0 fully saturated rings. The first kappa shape index (κ1) is 9.25. The molecule has 2 atom stereocenters. The number of halogens is 1. The normalized spacial score (nSPS) is 36.7. The monoisotopic (exact) mass is 284 g/mol. The van der Waals surface area contributed by atoms with Gasteiger partial charge in [-0.2, -0.15) is 0 Å². The second-order valence-corrected chi connectivity index (χ2v) is 5.69. The molecule has 0 aliphatic heterocycles. The Labute approximate surface area is 93.2 Å². The third-order valence-electron chi connectivity index (χ3n) is 2.64. The highest BCUT2D eigenvalue weighted by molar-refractivity contribution is 14.1. The van der Waals surface area contributed by atoms with E-state index in [9.17, 15) is 0 Å². The Balaban J connectivity index is 2.48. The van der Waals surface area contributed by atoms with Gasteiger partial charge >= 0.3 is 0 Å². The van der Waals surface area contributed by atoms with Crippen LogP contribution in [0.25, 0.3) is 0 Å². The Morgan fingerprint density at radius 2 is 2.08 bits per heavy atom. The van der Waals surface area contributed by atoms with Crippen molar-refractivity contribution >= 4 is 22.6 Å². The van der Waals surface area contributed by atoms with E-state index in [0.29, 0.717) is 5.92 Å². The van der Waals surface area contributed by atoms with Crippen molar-refractivity contribution in [3.63, 3.8) is 0 Å². The van der Waals surface area contributed by atoms with E-state index in [4.69, 9.17) is 0 Å². The molecular formula is C12H13I. The quantitative estimate of drug-likeness (QED) is 0.469. The zero-order chi connectivity index (χ0) is 9.47. The minimum absolute atomic E-state index is 0.190. The van der Waals surface area contributed by atoms with Gasteiger partial charge in [-0.25, -0.2) is 0 Å². The van der Waals surface area contributed by atoms with Crippen molar-refractivity contribution in [2.75, 3.05) is 0 Å². The van der Waals surface area contributed by atoms with Gasteiger partial charge in [0, 0.05) is 5.92 Å². The molecule has 0 aromatic carbocycles. The smallest absolute Gasteiger partial charge is 0.0689 e. The van der Waals surface area contributed by atoms with E-state index in [-0.39, 0.29) is 3.42 Å². The molecule has 0 spiro atoms. The predicted octanol–water partition coefficient (Wildman–Crippen LogP) is 3.81. The first-order valence-corrected chi connectivity index (χ1v) is 5.62. The lowest BCUT2D eigenvalue weighted by atomic mass is 9.78. The summed E-state index contributed by atoms with van der Waals surface area (Å²) < 4.78 is 0.190. The third kappa shape index (κ3) is 1.54. The van der Waals surface area contributed by atoms with Crippen LogP contribution in [-0.4, -0.2) is 3.42 Å². The van der Waals surface area contributed by atoms with Crippen LogP contribution in [0.2, 0.25) is 0 Å². The molecule has 0 radical (unpaired) electrons. The molecule has 1 heteroatoms. The molecule has 2 aliphatic rings. The summed E-state index contributed by atoms with van der Waals surface area (Å²) in [5.74, 6) is 0.557. The first-order valence-electron chi connectivity index (χ1n) is 4.54. The van der Waals surface area contributed by atoms with Crippen molar-refractivity contribution in [1.82, 2.24) is 0 Å². The molecule has 0 saturated carbocycles. The van der Waals surface area contributed by atoms with Crippen molar-refractivity contribution in [3.8, 4) is 0 Å². The van der Waals surface area contributed by atoms with E-state index in [2.05, 4.69) is 72.9 Å². The molecule has 0 aromatic rings. The maximum atomic E-state index is 2.54. The molecule has 0 saturated heterocycles. The molecule has 0 heterocycles. The minimum Gasteiger partial charge on any atom is -0.0754 e. The Morgan fingerprint density at radius 3 is 2.85 bits per heavy atom. The Kier molecular flexibility index (Phi) is 2.22. The Hall–Kier alpha value is -0.310. The van der Waals surface area contributed by atoms with Crippen LogP contribution in [0, 0.1) is 5.92 Å². The highest BCUT2D eigenvalue weighted by Gasteiger charge is 2.34. The summed E-state index contributed by atoms with van der Waals surface area (Å²) in [4.78, 5) is 0. The molecule has 0 nitrogen and oxygen atoms in total. The van der Waals surface area contributed by atoms with Crippen molar-refractivity contribution in [2.24, 2.45) is 5.92 Å². The molecule has 0 N–H and O–H groups in total. The van der Waals surface area contributed by atoms with E-state index in [1.54, 1.807) is 0 Å². The molecule has 13 heavy (non-hydrogen) atoms. The lowest BCUT2D eigenvalue weighted by Crippen LogP contribution is -2.30. The number of allylic oxidation sites excluding steroid dienone is 8. The summed E-state index contributed by atoms with van der Waals surface area (Å²) in [6, 6.07) is 0. The van der Waals surface area contributed by atoms with Gasteiger partial charge in [0.05, 0.1) is 3.42 Å². The van der Waals surface area contributed by atoms with Gasteiger partial charge in [0.25, 0.3) is 0 Å². The van der Waals surface area contributed by atoms with Crippen LogP contribution in [0.1, 0.15) is 13.8 Å². The number of hydrogen-bond donors (Lipinski definition) is 0. The summed E-state index contributed by atoms with van der Waals surface area (Å²) in [6.07, 6.45) is 13.5. The van der Waals surface area contributed by atoms with Gasteiger partial charge < -0.3 is 0 Å². The molecule has 0 aromatic heterocycles. The fourth-order valence-electron chi connectivity index (χ4n) is 2.11.